The molecule has 2 amide bonds. The van der Waals surface area contributed by atoms with Gasteiger partial charge in [0.15, 0.2) is 0 Å². The SMILES string of the molecule is CC[C@H](CO)NC(=O)Nc1cccc(C#N)c1. The van der Waals surface area contributed by atoms with E-state index >= 15 is 0 Å². The van der Waals surface area contributed by atoms with Gasteiger partial charge >= 0.3 is 6.03 Å². The first-order valence-corrected chi connectivity index (χ1v) is 5.38. The Labute approximate surface area is 100 Å². The van der Waals surface area contributed by atoms with Crippen LogP contribution in [0.4, 0.5) is 10.5 Å². The second-order valence-electron chi connectivity index (χ2n) is 3.58. The monoisotopic (exact) mass is 233 g/mol. The lowest BCUT2D eigenvalue weighted by Crippen LogP contribution is -2.39. The van der Waals surface area contributed by atoms with Crippen LogP contribution in [-0.2, 0) is 0 Å². The molecule has 0 radical (unpaired) electrons. The molecule has 0 unspecified atom stereocenters. The Morgan fingerprint density at radius 1 is 1.59 bits per heavy atom. The van der Waals surface area contributed by atoms with Crippen LogP contribution < -0.4 is 10.6 Å². The normalized spacial score (nSPS) is 11.4. The second kappa shape index (κ2) is 6.51. The van der Waals surface area contributed by atoms with Gasteiger partial charge in [0.2, 0.25) is 0 Å². The third kappa shape index (κ3) is 4.13. The predicted octanol–water partition coefficient (Wildman–Crippen LogP) is 1.45. The number of carbonyl (C=O) groups is 1. The number of amides is 2. The van der Waals surface area contributed by atoms with E-state index in [-0.39, 0.29) is 18.7 Å². The highest BCUT2D eigenvalue weighted by atomic mass is 16.3. The molecule has 0 saturated heterocycles. The summed E-state index contributed by atoms with van der Waals surface area (Å²) in [6, 6.07) is 7.98. The lowest BCUT2D eigenvalue weighted by atomic mass is 10.2. The molecule has 0 aliphatic heterocycles. The summed E-state index contributed by atoms with van der Waals surface area (Å²) in [6.45, 7) is 1.78. The molecule has 0 spiro atoms. The van der Waals surface area contributed by atoms with Gasteiger partial charge < -0.3 is 15.7 Å². The first kappa shape index (κ1) is 13.0. The minimum Gasteiger partial charge on any atom is -0.394 e. The molecule has 0 bridgehead atoms. The molecule has 0 saturated carbocycles. The number of aliphatic hydroxyl groups excluding tert-OH is 1. The molecule has 1 atom stereocenters. The Morgan fingerprint density at radius 3 is 2.94 bits per heavy atom. The number of aliphatic hydroxyl groups is 1. The van der Waals surface area contributed by atoms with Crippen molar-refractivity contribution in [3.05, 3.63) is 29.8 Å². The molecular formula is C12H15N3O2. The molecule has 0 aliphatic rings. The van der Waals surface area contributed by atoms with Crippen molar-refractivity contribution in [3.8, 4) is 6.07 Å². The van der Waals surface area contributed by atoms with Crippen LogP contribution in [0.2, 0.25) is 0 Å². The molecule has 5 heteroatoms. The van der Waals surface area contributed by atoms with Crippen molar-refractivity contribution in [2.45, 2.75) is 19.4 Å². The van der Waals surface area contributed by atoms with E-state index in [0.29, 0.717) is 17.7 Å². The number of benzene rings is 1. The van der Waals surface area contributed by atoms with Gasteiger partial charge in [0, 0.05) is 5.69 Å². The van der Waals surface area contributed by atoms with Gasteiger partial charge in [-0.15, -0.1) is 0 Å². The quantitative estimate of drug-likeness (QED) is 0.735. The van der Waals surface area contributed by atoms with E-state index in [1.165, 1.54) is 0 Å². The van der Waals surface area contributed by atoms with Crippen LogP contribution in [0.25, 0.3) is 0 Å². The maximum absolute atomic E-state index is 11.5. The number of nitrogens with one attached hydrogen (secondary N) is 2. The van der Waals surface area contributed by atoms with Gasteiger partial charge in [0.25, 0.3) is 0 Å². The number of hydrogen-bond acceptors (Lipinski definition) is 3. The van der Waals surface area contributed by atoms with Crippen molar-refractivity contribution in [3.63, 3.8) is 0 Å². The molecule has 1 rings (SSSR count). The Morgan fingerprint density at radius 2 is 2.35 bits per heavy atom. The summed E-state index contributed by atoms with van der Waals surface area (Å²) >= 11 is 0. The van der Waals surface area contributed by atoms with E-state index in [9.17, 15) is 4.79 Å². The standard InChI is InChI=1S/C12H15N3O2/c1-2-10(8-16)14-12(17)15-11-5-3-4-9(6-11)7-13/h3-6,10,16H,2,8H2,1H3,(H2,14,15,17)/t10-/m1/s1. The lowest BCUT2D eigenvalue weighted by molar-refractivity contribution is 0.222. The largest absolute Gasteiger partial charge is 0.394 e. The molecule has 0 fully saturated rings. The fourth-order valence-electron chi connectivity index (χ4n) is 1.30. The average molecular weight is 233 g/mol. The van der Waals surface area contributed by atoms with E-state index < -0.39 is 0 Å². The zero-order valence-corrected chi connectivity index (χ0v) is 9.60. The first-order valence-electron chi connectivity index (χ1n) is 5.38. The number of rotatable bonds is 4. The summed E-state index contributed by atoms with van der Waals surface area (Å²) in [4.78, 5) is 11.5. The van der Waals surface area contributed by atoms with E-state index in [4.69, 9.17) is 10.4 Å². The van der Waals surface area contributed by atoms with Gasteiger partial charge in [0.05, 0.1) is 24.3 Å². The molecule has 17 heavy (non-hydrogen) atoms. The number of nitriles is 1. The molecule has 3 N–H and O–H groups in total. The van der Waals surface area contributed by atoms with Crippen molar-refractivity contribution in [1.29, 1.82) is 5.26 Å². The van der Waals surface area contributed by atoms with Gasteiger partial charge in [-0.2, -0.15) is 5.26 Å². The van der Waals surface area contributed by atoms with Crippen LogP contribution >= 0.6 is 0 Å². The first-order chi connectivity index (χ1) is 8.19. The summed E-state index contributed by atoms with van der Waals surface area (Å²) in [5, 5.41) is 22.9. The van der Waals surface area contributed by atoms with Crippen molar-refractivity contribution >= 4 is 11.7 Å². The summed E-state index contributed by atoms with van der Waals surface area (Å²) < 4.78 is 0. The van der Waals surface area contributed by atoms with E-state index in [2.05, 4.69) is 10.6 Å². The number of nitrogens with zero attached hydrogens (tertiary/aromatic N) is 1. The van der Waals surface area contributed by atoms with Crippen LogP contribution in [0.1, 0.15) is 18.9 Å². The average Bonchev–Trinajstić information content (AvgIpc) is 2.36. The maximum Gasteiger partial charge on any atom is 0.319 e. The zero-order valence-electron chi connectivity index (χ0n) is 9.60. The summed E-state index contributed by atoms with van der Waals surface area (Å²) in [5.74, 6) is 0. The number of carbonyl (C=O) groups excluding carboxylic acids is 1. The van der Waals surface area contributed by atoms with Crippen LogP contribution in [0.5, 0.6) is 0 Å². The highest BCUT2D eigenvalue weighted by molar-refractivity contribution is 5.89. The minimum atomic E-state index is -0.388. The molecule has 1 aromatic carbocycles. The molecule has 0 aliphatic carbocycles. The smallest absolute Gasteiger partial charge is 0.319 e. The molecule has 5 nitrogen and oxygen atoms in total. The van der Waals surface area contributed by atoms with Gasteiger partial charge in [0.1, 0.15) is 0 Å². The van der Waals surface area contributed by atoms with Crippen LogP contribution in [0, 0.1) is 11.3 Å². The lowest BCUT2D eigenvalue weighted by Gasteiger charge is -2.14. The van der Waals surface area contributed by atoms with E-state index in [1.54, 1.807) is 24.3 Å². The van der Waals surface area contributed by atoms with Gasteiger partial charge in [-0.3, -0.25) is 0 Å². The Kier molecular flexibility index (Phi) is 4.98. The second-order valence-corrected chi connectivity index (χ2v) is 3.58. The van der Waals surface area contributed by atoms with Crippen molar-refractivity contribution < 1.29 is 9.90 Å². The van der Waals surface area contributed by atoms with Crippen molar-refractivity contribution in [2.75, 3.05) is 11.9 Å². The summed E-state index contributed by atoms with van der Waals surface area (Å²) in [7, 11) is 0. The molecule has 1 aromatic rings. The van der Waals surface area contributed by atoms with Gasteiger partial charge in [-0.25, -0.2) is 4.79 Å². The fourth-order valence-corrected chi connectivity index (χ4v) is 1.30. The van der Waals surface area contributed by atoms with E-state index in [1.807, 2.05) is 13.0 Å². The molecule has 0 heterocycles. The highest BCUT2D eigenvalue weighted by Crippen LogP contribution is 2.09. The Bertz CT molecular complexity index is 422. The third-order valence-electron chi connectivity index (χ3n) is 2.30. The Hall–Kier alpha value is -2.06. The number of hydrogen-bond donors (Lipinski definition) is 3. The van der Waals surface area contributed by atoms with Crippen molar-refractivity contribution in [1.82, 2.24) is 5.32 Å². The van der Waals surface area contributed by atoms with E-state index in [0.717, 1.165) is 0 Å². The van der Waals surface area contributed by atoms with Crippen LogP contribution in [-0.4, -0.2) is 23.8 Å². The topological polar surface area (TPSA) is 85.2 Å². The molecule has 0 aromatic heterocycles. The number of anilines is 1. The van der Waals surface area contributed by atoms with Crippen LogP contribution in [0.15, 0.2) is 24.3 Å². The van der Waals surface area contributed by atoms with Crippen molar-refractivity contribution in [2.24, 2.45) is 0 Å². The maximum atomic E-state index is 11.5. The molecular weight excluding hydrogens is 218 g/mol. The van der Waals surface area contributed by atoms with Gasteiger partial charge in [-0.1, -0.05) is 13.0 Å². The Balaban J connectivity index is 2.59. The minimum absolute atomic E-state index is 0.0951. The third-order valence-corrected chi connectivity index (χ3v) is 2.30. The number of urea groups is 1. The van der Waals surface area contributed by atoms with Gasteiger partial charge in [-0.05, 0) is 24.6 Å². The predicted molar refractivity (Wildman–Crippen MR) is 64.5 cm³/mol. The van der Waals surface area contributed by atoms with Crippen LogP contribution in [0.3, 0.4) is 0 Å². The summed E-state index contributed by atoms with van der Waals surface area (Å²) in [5.41, 5.74) is 1.03. The molecule has 90 valence electrons. The summed E-state index contributed by atoms with van der Waals surface area (Å²) in [6.07, 6.45) is 0.655. The fraction of sp³-hybridized carbons (Fsp3) is 0.333. The zero-order chi connectivity index (χ0) is 12.7. The highest BCUT2D eigenvalue weighted by Gasteiger charge is 2.08.